The van der Waals surface area contributed by atoms with Crippen LogP contribution in [0.5, 0.6) is 0 Å². The number of rotatable bonds is 6. The SMILES string of the molecule is O=C(CCc1ccc(F)cc1)NCCc1nnc2n1CCCCC2. The second kappa shape index (κ2) is 8.04. The van der Waals surface area contributed by atoms with Crippen LogP contribution < -0.4 is 5.32 Å². The van der Waals surface area contributed by atoms with Crippen LogP contribution in [0.15, 0.2) is 24.3 Å². The monoisotopic (exact) mass is 330 g/mol. The molecular weight excluding hydrogens is 307 g/mol. The smallest absolute Gasteiger partial charge is 0.220 e. The van der Waals surface area contributed by atoms with Crippen LogP contribution in [-0.2, 0) is 30.6 Å². The number of halogens is 1. The van der Waals surface area contributed by atoms with E-state index in [4.69, 9.17) is 0 Å². The molecule has 24 heavy (non-hydrogen) atoms. The third-order valence-corrected chi connectivity index (χ3v) is 4.41. The van der Waals surface area contributed by atoms with Crippen molar-refractivity contribution in [3.05, 3.63) is 47.3 Å². The van der Waals surface area contributed by atoms with Gasteiger partial charge in [-0.1, -0.05) is 18.6 Å². The van der Waals surface area contributed by atoms with Gasteiger partial charge in [0, 0.05) is 32.4 Å². The molecule has 0 unspecified atom stereocenters. The van der Waals surface area contributed by atoms with Gasteiger partial charge < -0.3 is 9.88 Å². The molecule has 1 aliphatic rings. The molecule has 0 atom stereocenters. The fourth-order valence-corrected chi connectivity index (χ4v) is 3.04. The lowest BCUT2D eigenvalue weighted by atomic mass is 10.1. The second-order valence-electron chi connectivity index (χ2n) is 6.22. The highest BCUT2D eigenvalue weighted by atomic mass is 19.1. The van der Waals surface area contributed by atoms with Gasteiger partial charge in [0.1, 0.15) is 17.5 Å². The van der Waals surface area contributed by atoms with Crippen molar-refractivity contribution in [2.75, 3.05) is 6.54 Å². The first-order chi connectivity index (χ1) is 11.7. The summed E-state index contributed by atoms with van der Waals surface area (Å²) < 4.78 is 15.0. The Hall–Kier alpha value is -2.24. The number of hydrogen-bond acceptors (Lipinski definition) is 3. The van der Waals surface area contributed by atoms with Crippen molar-refractivity contribution < 1.29 is 9.18 Å². The maximum Gasteiger partial charge on any atom is 0.220 e. The Morgan fingerprint density at radius 1 is 1.12 bits per heavy atom. The summed E-state index contributed by atoms with van der Waals surface area (Å²) in [6.07, 6.45) is 6.31. The average molecular weight is 330 g/mol. The van der Waals surface area contributed by atoms with Gasteiger partial charge in [-0.15, -0.1) is 10.2 Å². The van der Waals surface area contributed by atoms with Crippen molar-refractivity contribution in [2.24, 2.45) is 0 Å². The van der Waals surface area contributed by atoms with E-state index >= 15 is 0 Å². The van der Waals surface area contributed by atoms with Crippen molar-refractivity contribution in [2.45, 2.75) is 51.5 Å². The van der Waals surface area contributed by atoms with E-state index in [1.54, 1.807) is 12.1 Å². The summed E-state index contributed by atoms with van der Waals surface area (Å²) in [7, 11) is 0. The van der Waals surface area contributed by atoms with Gasteiger partial charge in [0.05, 0.1) is 0 Å². The van der Waals surface area contributed by atoms with Crippen molar-refractivity contribution >= 4 is 5.91 Å². The summed E-state index contributed by atoms with van der Waals surface area (Å²) in [6.45, 7) is 1.55. The molecule has 6 heteroatoms. The highest BCUT2D eigenvalue weighted by Gasteiger charge is 2.14. The molecule has 0 bridgehead atoms. The van der Waals surface area contributed by atoms with Gasteiger partial charge in [-0.2, -0.15) is 0 Å². The number of nitrogens with zero attached hydrogens (tertiary/aromatic N) is 3. The van der Waals surface area contributed by atoms with Crippen molar-refractivity contribution in [3.63, 3.8) is 0 Å². The average Bonchev–Trinajstić information content (AvgIpc) is 2.81. The van der Waals surface area contributed by atoms with Gasteiger partial charge in [0.15, 0.2) is 0 Å². The van der Waals surface area contributed by atoms with E-state index in [9.17, 15) is 9.18 Å². The first-order valence-electron chi connectivity index (χ1n) is 8.64. The zero-order chi connectivity index (χ0) is 16.8. The molecule has 0 aliphatic carbocycles. The number of carbonyl (C=O) groups is 1. The molecule has 2 aromatic rings. The van der Waals surface area contributed by atoms with Crippen LogP contribution in [0.3, 0.4) is 0 Å². The topological polar surface area (TPSA) is 59.8 Å². The van der Waals surface area contributed by atoms with Crippen LogP contribution in [-0.4, -0.2) is 27.2 Å². The number of fused-ring (bicyclic) bond motifs is 1. The molecule has 3 rings (SSSR count). The Morgan fingerprint density at radius 2 is 1.96 bits per heavy atom. The maximum absolute atomic E-state index is 12.8. The quantitative estimate of drug-likeness (QED) is 0.885. The van der Waals surface area contributed by atoms with Gasteiger partial charge in [-0.25, -0.2) is 4.39 Å². The summed E-state index contributed by atoms with van der Waals surface area (Å²) in [5.74, 6) is 1.79. The summed E-state index contributed by atoms with van der Waals surface area (Å²) in [6, 6.07) is 6.27. The van der Waals surface area contributed by atoms with Gasteiger partial charge in [0.2, 0.25) is 5.91 Å². The van der Waals surface area contributed by atoms with Gasteiger partial charge >= 0.3 is 0 Å². The maximum atomic E-state index is 12.8. The minimum absolute atomic E-state index is 0.00919. The van der Waals surface area contributed by atoms with Crippen LogP contribution in [0.1, 0.15) is 42.9 Å². The number of nitrogens with one attached hydrogen (secondary N) is 1. The molecule has 1 N–H and O–H groups in total. The third kappa shape index (κ3) is 4.40. The molecule has 0 radical (unpaired) electrons. The van der Waals surface area contributed by atoms with Gasteiger partial charge in [-0.3, -0.25) is 4.79 Å². The molecule has 1 aromatic heterocycles. The standard InChI is InChI=1S/C18H23FN4O/c19-15-8-5-14(6-9-15)7-10-18(24)20-12-11-17-22-21-16-4-2-1-3-13-23(16)17/h5-6,8-9H,1-4,7,10-13H2,(H,20,24). The van der Waals surface area contributed by atoms with Crippen LogP contribution in [0.4, 0.5) is 4.39 Å². The molecule has 0 saturated heterocycles. The van der Waals surface area contributed by atoms with Crippen LogP contribution in [0.25, 0.3) is 0 Å². The zero-order valence-electron chi connectivity index (χ0n) is 13.8. The highest BCUT2D eigenvalue weighted by molar-refractivity contribution is 5.76. The number of hydrogen-bond donors (Lipinski definition) is 1. The molecule has 1 aromatic carbocycles. The van der Waals surface area contributed by atoms with Crippen LogP contribution in [0, 0.1) is 5.82 Å². The lowest BCUT2D eigenvalue weighted by Gasteiger charge is -2.08. The van der Waals surface area contributed by atoms with Crippen molar-refractivity contribution in [3.8, 4) is 0 Å². The van der Waals surface area contributed by atoms with E-state index in [0.717, 1.165) is 30.2 Å². The van der Waals surface area contributed by atoms with Crippen molar-refractivity contribution in [1.82, 2.24) is 20.1 Å². The largest absolute Gasteiger partial charge is 0.356 e. The fourth-order valence-electron chi connectivity index (χ4n) is 3.04. The van der Waals surface area contributed by atoms with E-state index in [1.165, 1.54) is 31.4 Å². The van der Waals surface area contributed by atoms with Crippen molar-refractivity contribution in [1.29, 1.82) is 0 Å². The van der Waals surface area contributed by atoms with Gasteiger partial charge in [0.25, 0.3) is 0 Å². The molecule has 2 heterocycles. The van der Waals surface area contributed by atoms with Crippen LogP contribution in [0.2, 0.25) is 0 Å². The molecule has 0 saturated carbocycles. The predicted molar refractivity (Wildman–Crippen MR) is 89.0 cm³/mol. The number of benzene rings is 1. The Kier molecular flexibility index (Phi) is 5.56. The summed E-state index contributed by atoms with van der Waals surface area (Å²) in [5, 5.41) is 11.5. The first-order valence-corrected chi connectivity index (χ1v) is 8.64. The summed E-state index contributed by atoms with van der Waals surface area (Å²) in [5.41, 5.74) is 0.967. The summed E-state index contributed by atoms with van der Waals surface area (Å²) >= 11 is 0. The first kappa shape index (κ1) is 16.6. The highest BCUT2D eigenvalue weighted by Crippen LogP contribution is 2.14. The number of aromatic nitrogens is 3. The van der Waals surface area contributed by atoms with Gasteiger partial charge in [-0.05, 0) is 37.0 Å². The fraction of sp³-hybridized carbons (Fsp3) is 0.500. The summed E-state index contributed by atoms with van der Waals surface area (Å²) in [4.78, 5) is 11.9. The lowest BCUT2D eigenvalue weighted by molar-refractivity contribution is -0.121. The number of amides is 1. The molecular formula is C18H23FN4O. The third-order valence-electron chi connectivity index (χ3n) is 4.41. The number of carbonyl (C=O) groups excluding carboxylic acids is 1. The molecule has 0 spiro atoms. The molecule has 128 valence electrons. The Balaban J connectivity index is 1.42. The van der Waals surface area contributed by atoms with E-state index in [0.29, 0.717) is 25.8 Å². The van der Waals surface area contributed by atoms with E-state index in [1.807, 2.05) is 0 Å². The van der Waals surface area contributed by atoms with Crippen LogP contribution >= 0.6 is 0 Å². The van der Waals surface area contributed by atoms with E-state index in [2.05, 4.69) is 20.1 Å². The molecule has 5 nitrogen and oxygen atoms in total. The van der Waals surface area contributed by atoms with E-state index < -0.39 is 0 Å². The Bertz CT molecular complexity index is 681. The minimum Gasteiger partial charge on any atom is -0.356 e. The minimum atomic E-state index is -0.254. The number of aryl methyl sites for hydroxylation is 2. The zero-order valence-corrected chi connectivity index (χ0v) is 13.8. The molecule has 1 aliphatic heterocycles. The molecule has 0 fully saturated rings. The Morgan fingerprint density at radius 3 is 2.79 bits per heavy atom. The Labute approximate surface area is 141 Å². The predicted octanol–water partition coefficient (Wildman–Crippen LogP) is 2.44. The normalized spacial score (nSPS) is 14.0. The van der Waals surface area contributed by atoms with E-state index in [-0.39, 0.29) is 11.7 Å². The lowest BCUT2D eigenvalue weighted by Crippen LogP contribution is -2.26. The molecule has 1 amide bonds. The second-order valence-corrected chi connectivity index (χ2v) is 6.22.